The highest BCUT2D eigenvalue weighted by molar-refractivity contribution is 5.30. The quantitative estimate of drug-likeness (QED) is 0.882. The van der Waals surface area contributed by atoms with Gasteiger partial charge in [0.25, 0.3) is 0 Å². The number of ether oxygens (including phenoxy) is 1. The molecule has 3 N–H and O–H groups in total. The number of rotatable bonds is 4. The van der Waals surface area contributed by atoms with Crippen LogP contribution in [0.15, 0.2) is 18.2 Å². The summed E-state index contributed by atoms with van der Waals surface area (Å²) in [6, 6.07) is 4.34. The molecule has 0 saturated heterocycles. The standard InChI is InChI=1S/C15H22FNO2/c1-11(17)13-6-5-12(9-14(13)16)19-10-15(18)7-3-2-4-8-15/h5-6,9,11,18H,2-4,7-8,10,17H2,1H3/t11-/m0/s1. The average molecular weight is 267 g/mol. The topological polar surface area (TPSA) is 55.5 Å². The molecule has 0 aliphatic heterocycles. The Morgan fingerprint density at radius 2 is 2.05 bits per heavy atom. The number of aliphatic hydroxyl groups is 1. The Balaban J connectivity index is 1.98. The van der Waals surface area contributed by atoms with Gasteiger partial charge in [0.2, 0.25) is 0 Å². The molecule has 3 nitrogen and oxygen atoms in total. The zero-order valence-electron chi connectivity index (χ0n) is 11.4. The van der Waals surface area contributed by atoms with E-state index in [1.54, 1.807) is 19.1 Å². The lowest BCUT2D eigenvalue weighted by atomic mass is 9.85. The van der Waals surface area contributed by atoms with E-state index in [0.29, 0.717) is 11.3 Å². The molecule has 4 heteroatoms. The maximum absolute atomic E-state index is 13.7. The Morgan fingerprint density at radius 1 is 1.37 bits per heavy atom. The van der Waals surface area contributed by atoms with Crippen molar-refractivity contribution in [2.75, 3.05) is 6.61 Å². The second-order valence-electron chi connectivity index (χ2n) is 5.55. The highest BCUT2D eigenvalue weighted by Gasteiger charge is 2.30. The molecule has 0 unspecified atom stereocenters. The summed E-state index contributed by atoms with van der Waals surface area (Å²) in [6.07, 6.45) is 4.73. The Hall–Kier alpha value is -1.13. The van der Waals surface area contributed by atoms with Gasteiger partial charge in [0.1, 0.15) is 18.2 Å². The predicted octanol–water partition coefficient (Wildman–Crippen LogP) is 2.92. The molecule has 1 aliphatic rings. The predicted molar refractivity (Wildman–Crippen MR) is 72.5 cm³/mol. The summed E-state index contributed by atoms with van der Waals surface area (Å²) in [4.78, 5) is 0. The van der Waals surface area contributed by atoms with Crippen molar-refractivity contribution in [1.29, 1.82) is 0 Å². The second kappa shape index (κ2) is 5.88. The Bertz CT molecular complexity index is 428. The van der Waals surface area contributed by atoms with Crippen LogP contribution >= 0.6 is 0 Å². The van der Waals surface area contributed by atoms with Crippen LogP contribution in [0.2, 0.25) is 0 Å². The normalized spacial score (nSPS) is 20.0. The molecule has 0 amide bonds. The largest absolute Gasteiger partial charge is 0.490 e. The molecule has 0 bridgehead atoms. The van der Waals surface area contributed by atoms with E-state index in [2.05, 4.69) is 0 Å². The fourth-order valence-corrected chi connectivity index (χ4v) is 2.54. The van der Waals surface area contributed by atoms with Crippen LogP contribution in [0.25, 0.3) is 0 Å². The molecule has 0 radical (unpaired) electrons. The van der Waals surface area contributed by atoms with Gasteiger partial charge in [-0.2, -0.15) is 0 Å². The summed E-state index contributed by atoms with van der Waals surface area (Å²) in [6.45, 7) is 1.97. The van der Waals surface area contributed by atoms with E-state index in [1.807, 2.05) is 0 Å². The van der Waals surface area contributed by atoms with Crippen LogP contribution in [0, 0.1) is 5.82 Å². The molecule has 1 saturated carbocycles. The van der Waals surface area contributed by atoms with Gasteiger partial charge < -0.3 is 15.6 Å². The van der Waals surface area contributed by atoms with Crippen LogP contribution < -0.4 is 10.5 Å². The summed E-state index contributed by atoms with van der Waals surface area (Å²) >= 11 is 0. The van der Waals surface area contributed by atoms with E-state index in [4.69, 9.17) is 10.5 Å². The van der Waals surface area contributed by atoms with Crippen LogP contribution in [-0.2, 0) is 0 Å². The van der Waals surface area contributed by atoms with Crippen LogP contribution in [-0.4, -0.2) is 17.3 Å². The first-order valence-corrected chi connectivity index (χ1v) is 6.90. The van der Waals surface area contributed by atoms with E-state index in [1.165, 1.54) is 12.5 Å². The third-order valence-corrected chi connectivity index (χ3v) is 3.75. The minimum Gasteiger partial charge on any atom is -0.490 e. The zero-order chi connectivity index (χ0) is 13.9. The van der Waals surface area contributed by atoms with Crippen LogP contribution in [0.1, 0.15) is 50.6 Å². The molecule has 106 valence electrons. The van der Waals surface area contributed by atoms with Gasteiger partial charge in [-0.05, 0) is 25.8 Å². The lowest BCUT2D eigenvalue weighted by molar-refractivity contribution is -0.0339. The SMILES string of the molecule is C[C@H](N)c1ccc(OCC2(O)CCCCC2)cc1F. The molecular weight excluding hydrogens is 245 g/mol. The third kappa shape index (κ3) is 3.67. The smallest absolute Gasteiger partial charge is 0.131 e. The van der Waals surface area contributed by atoms with Gasteiger partial charge in [-0.25, -0.2) is 4.39 Å². The minimum atomic E-state index is -0.755. The Morgan fingerprint density at radius 3 is 2.63 bits per heavy atom. The first-order valence-electron chi connectivity index (χ1n) is 6.90. The van der Waals surface area contributed by atoms with Crippen LogP contribution in [0.5, 0.6) is 5.75 Å². The lowest BCUT2D eigenvalue weighted by Gasteiger charge is -2.31. The van der Waals surface area contributed by atoms with E-state index in [-0.39, 0.29) is 18.5 Å². The van der Waals surface area contributed by atoms with Crippen molar-refractivity contribution in [2.24, 2.45) is 5.73 Å². The van der Waals surface area contributed by atoms with Gasteiger partial charge in [-0.1, -0.05) is 25.3 Å². The minimum absolute atomic E-state index is 0.226. The van der Waals surface area contributed by atoms with Crippen LogP contribution in [0.4, 0.5) is 4.39 Å². The molecule has 0 spiro atoms. The lowest BCUT2D eigenvalue weighted by Crippen LogP contribution is -2.37. The van der Waals surface area contributed by atoms with Gasteiger partial charge in [0, 0.05) is 17.7 Å². The molecule has 19 heavy (non-hydrogen) atoms. The summed E-state index contributed by atoms with van der Waals surface area (Å²) in [5.74, 6) is 0.0871. The summed E-state index contributed by atoms with van der Waals surface area (Å²) in [7, 11) is 0. The molecule has 2 rings (SSSR count). The van der Waals surface area contributed by atoms with E-state index in [0.717, 1.165) is 25.7 Å². The van der Waals surface area contributed by atoms with Gasteiger partial charge in [-0.3, -0.25) is 0 Å². The number of halogens is 1. The summed E-state index contributed by atoms with van der Waals surface area (Å²) in [5, 5.41) is 10.3. The summed E-state index contributed by atoms with van der Waals surface area (Å²) in [5.41, 5.74) is 5.38. The van der Waals surface area contributed by atoms with Crippen molar-refractivity contribution < 1.29 is 14.2 Å². The fourth-order valence-electron chi connectivity index (χ4n) is 2.54. The number of hydrogen-bond donors (Lipinski definition) is 2. The van der Waals surface area contributed by atoms with Crippen molar-refractivity contribution in [3.63, 3.8) is 0 Å². The zero-order valence-corrected chi connectivity index (χ0v) is 11.4. The van der Waals surface area contributed by atoms with Crippen molar-refractivity contribution in [3.05, 3.63) is 29.6 Å². The van der Waals surface area contributed by atoms with Crippen molar-refractivity contribution in [2.45, 2.75) is 50.7 Å². The number of benzene rings is 1. The molecule has 0 aromatic heterocycles. The maximum Gasteiger partial charge on any atom is 0.131 e. The highest BCUT2D eigenvalue weighted by Crippen LogP contribution is 2.29. The monoisotopic (exact) mass is 267 g/mol. The molecule has 1 aromatic rings. The van der Waals surface area contributed by atoms with Gasteiger partial charge >= 0.3 is 0 Å². The second-order valence-corrected chi connectivity index (χ2v) is 5.55. The Kier molecular flexibility index (Phi) is 4.42. The van der Waals surface area contributed by atoms with Crippen LogP contribution in [0.3, 0.4) is 0 Å². The van der Waals surface area contributed by atoms with E-state index in [9.17, 15) is 9.50 Å². The number of hydrogen-bond acceptors (Lipinski definition) is 3. The van der Waals surface area contributed by atoms with Crippen molar-refractivity contribution >= 4 is 0 Å². The molecule has 0 heterocycles. The van der Waals surface area contributed by atoms with Crippen molar-refractivity contribution in [3.8, 4) is 5.75 Å². The highest BCUT2D eigenvalue weighted by atomic mass is 19.1. The molecular formula is C15H22FNO2. The molecule has 1 aliphatic carbocycles. The first-order chi connectivity index (χ1) is 9.00. The van der Waals surface area contributed by atoms with Crippen molar-refractivity contribution in [1.82, 2.24) is 0 Å². The molecule has 1 aromatic carbocycles. The van der Waals surface area contributed by atoms with Gasteiger partial charge in [-0.15, -0.1) is 0 Å². The van der Waals surface area contributed by atoms with E-state index >= 15 is 0 Å². The molecule has 1 atom stereocenters. The summed E-state index contributed by atoms with van der Waals surface area (Å²) < 4.78 is 19.3. The maximum atomic E-state index is 13.7. The van der Waals surface area contributed by atoms with Gasteiger partial charge in [0.05, 0.1) is 5.60 Å². The number of nitrogens with two attached hydrogens (primary N) is 1. The molecule has 1 fully saturated rings. The average Bonchev–Trinajstić information content (AvgIpc) is 2.37. The Labute approximate surface area is 113 Å². The third-order valence-electron chi connectivity index (χ3n) is 3.75. The van der Waals surface area contributed by atoms with Gasteiger partial charge in [0.15, 0.2) is 0 Å². The van der Waals surface area contributed by atoms with E-state index < -0.39 is 5.60 Å². The fraction of sp³-hybridized carbons (Fsp3) is 0.600. The first kappa shape index (κ1) is 14.3.